The van der Waals surface area contributed by atoms with Gasteiger partial charge in [-0.1, -0.05) is 0 Å². The predicted octanol–water partition coefficient (Wildman–Crippen LogP) is 1.39. The van der Waals surface area contributed by atoms with E-state index in [2.05, 4.69) is 25.7 Å². The minimum Gasteiger partial charge on any atom is -0.480 e. The third kappa shape index (κ3) is 4.83. The molecule has 4 aromatic rings. The summed E-state index contributed by atoms with van der Waals surface area (Å²) in [5.41, 5.74) is 1.07. The van der Waals surface area contributed by atoms with Crippen LogP contribution < -0.4 is 16.2 Å². The lowest BCUT2D eigenvalue weighted by molar-refractivity contribution is -0.137. The van der Waals surface area contributed by atoms with Crippen molar-refractivity contribution in [2.75, 3.05) is 32.5 Å². The van der Waals surface area contributed by atoms with Crippen molar-refractivity contribution < 1.29 is 14.7 Å². The molecule has 3 heterocycles. The van der Waals surface area contributed by atoms with Gasteiger partial charge < -0.3 is 25.6 Å². The first-order valence-corrected chi connectivity index (χ1v) is 10.2. The van der Waals surface area contributed by atoms with Crippen LogP contribution in [0, 0.1) is 0 Å². The normalized spacial score (nSPS) is 11.2. The van der Waals surface area contributed by atoms with Crippen LogP contribution in [0.2, 0.25) is 0 Å². The highest BCUT2D eigenvalue weighted by Crippen LogP contribution is 2.29. The number of anilines is 2. The van der Waals surface area contributed by atoms with Gasteiger partial charge in [-0.2, -0.15) is 5.10 Å². The molecule has 0 aliphatic heterocycles. The maximum absolute atomic E-state index is 12.7. The Balaban J connectivity index is 1.76. The molecule has 0 saturated heterocycles. The van der Waals surface area contributed by atoms with Gasteiger partial charge in [-0.05, 0) is 38.4 Å². The zero-order valence-electron chi connectivity index (χ0n) is 18.1. The number of rotatable bonds is 8. The van der Waals surface area contributed by atoms with E-state index in [-0.39, 0.29) is 18.0 Å². The third-order valence-corrected chi connectivity index (χ3v) is 5.02. The second-order valence-electron chi connectivity index (χ2n) is 7.77. The summed E-state index contributed by atoms with van der Waals surface area (Å²) in [5.74, 6) is -0.808. The van der Waals surface area contributed by atoms with Crippen molar-refractivity contribution in [3.05, 3.63) is 58.6 Å². The van der Waals surface area contributed by atoms with Crippen LogP contribution in [0.5, 0.6) is 0 Å². The number of carboxylic acids is 1. The van der Waals surface area contributed by atoms with Crippen molar-refractivity contribution in [1.82, 2.24) is 30.0 Å². The maximum atomic E-state index is 12.7. The molecule has 4 rings (SSSR count). The quantitative estimate of drug-likeness (QED) is 0.295. The van der Waals surface area contributed by atoms with Crippen LogP contribution in [0.15, 0.2) is 47.5 Å². The molecule has 1 aromatic carbocycles. The number of aliphatic carboxylic acids is 1. The van der Waals surface area contributed by atoms with Crippen molar-refractivity contribution in [3.8, 4) is 0 Å². The molecular weight excluding hydrogens is 426 g/mol. The molecule has 0 unspecified atom stereocenters. The van der Waals surface area contributed by atoms with Crippen LogP contribution in [-0.4, -0.2) is 68.8 Å². The highest BCUT2D eigenvalue weighted by atomic mass is 16.4. The number of carbonyl (C=O) groups is 2. The van der Waals surface area contributed by atoms with E-state index in [4.69, 9.17) is 5.11 Å². The van der Waals surface area contributed by atoms with Gasteiger partial charge in [0.2, 0.25) is 0 Å². The van der Waals surface area contributed by atoms with Crippen molar-refractivity contribution in [1.29, 1.82) is 0 Å². The Morgan fingerprint density at radius 3 is 2.76 bits per heavy atom. The Morgan fingerprint density at radius 2 is 2.00 bits per heavy atom. The number of aromatic nitrogens is 4. The number of carboxylic acid groups (broad SMARTS) is 1. The number of benzene rings is 1. The number of pyridine rings is 2. The number of fused-ring (bicyclic) bond motifs is 3. The number of H-pyrrole nitrogens is 1. The van der Waals surface area contributed by atoms with Gasteiger partial charge in [-0.25, -0.2) is 4.98 Å². The monoisotopic (exact) mass is 449 g/mol. The Labute approximate surface area is 188 Å². The topological polar surface area (TPSA) is 145 Å². The maximum Gasteiger partial charge on any atom is 0.325 e. The lowest BCUT2D eigenvalue weighted by atomic mass is 10.0. The first kappa shape index (κ1) is 22.0. The summed E-state index contributed by atoms with van der Waals surface area (Å²) in [6, 6.07) is 8.28. The zero-order valence-corrected chi connectivity index (χ0v) is 18.1. The number of nitrogens with zero attached hydrogens (tertiary/aromatic N) is 4. The Kier molecular flexibility index (Phi) is 6.05. The molecule has 0 aliphatic carbocycles. The van der Waals surface area contributed by atoms with Gasteiger partial charge in [-0.3, -0.25) is 19.1 Å². The molecule has 11 heteroatoms. The lowest BCUT2D eigenvalue weighted by Gasteiger charge is -2.12. The molecule has 33 heavy (non-hydrogen) atoms. The van der Waals surface area contributed by atoms with Gasteiger partial charge in [-0.15, -0.1) is 0 Å². The summed E-state index contributed by atoms with van der Waals surface area (Å²) in [6.07, 6.45) is 3.09. The van der Waals surface area contributed by atoms with Gasteiger partial charge in [0.25, 0.3) is 11.5 Å². The SMILES string of the molecule is CN(C)CCNC(=O)c1ccc2c(=O)[nH]c3nccc(Nc4ccn(CC(=O)O)n4)c3c2c1. The average molecular weight is 449 g/mol. The summed E-state index contributed by atoms with van der Waals surface area (Å²) in [6.45, 7) is 0.934. The van der Waals surface area contributed by atoms with E-state index in [9.17, 15) is 14.4 Å². The fraction of sp³-hybridized carbons (Fsp3) is 0.227. The number of hydrogen-bond acceptors (Lipinski definition) is 7. The first-order chi connectivity index (χ1) is 15.8. The van der Waals surface area contributed by atoms with E-state index in [1.165, 1.54) is 4.68 Å². The van der Waals surface area contributed by atoms with Crippen LogP contribution in [-0.2, 0) is 11.3 Å². The lowest BCUT2D eigenvalue weighted by Crippen LogP contribution is -2.31. The van der Waals surface area contributed by atoms with E-state index >= 15 is 0 Å². The van der Waals surface area contributed by atoms with Gasteiger partial charge in [0.05, 0.1) is 5.69 Å². The van der Waals surface area contributed by atoms with Crippen LogP contribution in [0.4, 0.5) is 11.5 Å². The summed E-state index contributed by atoms with van der Waals surface area (Å²) < 4.78 is 1.30. The minimum atomic E-state index is -1.00. The number of carbonyl (C=O) groups excluding carboxylic acids is 1. The summed E-state index contributed by atoms with van der Waals surface area (Å²) >= 11 is 0. The molecule has 0 saturated carbocycles. The standard InChI is InChI=1S/C22H23N7O4/c1-28(2)10-8-24-21(32)13-3-4-14-15(11-13)19-16(5-7-23-20(19)26-22(14)33)25-17-6-9-29(27-17)12-18(30)31/h3-7,9,11H,8,10,12H2,1-2H3,(H,24,32)(H,30,31)(H2,23,25,26,27,33). The average Bonchev–Trinajstić information content (AvgIpc) is 3.19. The number of aromatic amines is 1. The van der Waals surface area contributed by atoms with Crippen LogP contribution in [0.3, 0.4) is 0 Å². The van der Waals surface area contributed by atoms with E-state index < -0.39 is 5.97 Å². The molecule has 1 amide bonds. The van der Waals surface area contributed by atoms with Crippen molar-refractivity contribution in [2.45, 2.75) is 6.54 Å². The molecule has 0 bridgehead atoms. The second kappa shape index (κ2) is 9.09. The highest BCUT2D eigenvalue weighted by molar-refractivity contribution is 6.12. The van der Waals surface area contributed by atoms with Crippen molar-refractivity contribution in [2.24, 2.45) is 0 Å². The minimum absolute atomic E-state index is 0.238. The number of amides is 1. The van der Waals surface area contributed by atoms with E-state index in [1.54, 1.807) is 42.7 Å². The smallest absolute Gasteiger partial charge is 0.325 e. The molecule has 3 aromatic heterocycles. The van der Waals surface area contributed by atoms with E-state index in [0.29, 0.717) is 52.0 Å². The zero-order chi connectivity index (χ0) is 23.5. The van der Waals surface area contributed by atoms with Gasteiger partial charge >= 0.3 is 5.97 Å². The fourth-order valence-corrected chi connectivity index (χ4v) is 3.49. The Bertz CT molecular complexity index is 1410. The van der Waals surface area contributed by atoms with E-state index in [1.807, 2.05) is 19.0 Å². The Morgan fingerprint density at radius 1 is 1.18 bits per heavy atom. The van der Waals surface area contributed by atoms with Crippen molar-refractivity contribution >= 4 is 45.2 Å². The number of nitrogens with one attached hydrogen (secondary N) is 3. The summed E-state index contributed by atoms with van der Waals surface area (Å²) in [7, 11) is 3.85. The largest absolute Gasteiger partial charge is 0.480 e. The van der Waals surface area contributed by atoms with Crippen LogP contribution >= 0.6 is 0 Å². The molecule has 0 aliphatic rings. The number of hydrogen-bond donors (Lipinski definition) is 4. The second-order valence-corrected chi connectivity index (χ2v) is 7.77. The Hall–Kier alpha value is -4.25. The van der Waals surface area contributed by atoms with E-state index in [0.717, 1.165) is 0 Å². The van der Waals surface area contributed by atoms with Crippen molar-refractivity contribution in [3.63, 3.8) is 0 Å². The highest BCUT2D eigenvalue weighted by Gasteiger charge is 2.14. The van der Waals surface area contributed by atoms with Gasteiger partial charge in [0.1, 0.15) is 12.2 Å². The molecule has 0 fully saturated rings. The fourth-order valence-electron chi connectivity index (χ4n) is 3.49. The molecule has 0 atom stereocenters. The van der Waals surface area contributed by atoms with Crippen LogP contribution in [0.25, 0.3) is 21.8 Å². The van der Waals surface area contributed by atoms with Gasteiger partial charge in [0.15, 0.2) is 5.82 Å². The molecule has 0 radical (unpaired) electrons. The molecule has 4 N–H and O–H groups in total. The molecule has 0 spiro atoms. The third-order valence-electron chi connectivity index (χ3n) is 5.02. The summed E-state index contributed by atoms with van der Waals surface area (Å²) in [5, 5.41) is 20.8. The summed E-state index contributed by atoms with van der Waals surface area (Å²) in [4.78, 5) is 45.2. The molecule has 11 nitrogen and oxygen atoms in total. The number of likely N-dealkylation sites (N-methyl/N-ethyl adjacent to an activating group) is 1. The van der Waals surface area contributed by atoms with Crippen LogP contribution in [0.1, 0.15) is 10.4 Å². The predicted molar refractivity (Wildman–Crippen MR) is 124 cm³/mol. The molecule has 170 valence electrons. The van der Waals surface area contributed by atoms with Gasteiger partial charge in [0, 0.05) is 53.3 Å². The first-order valence-electron chi connectivity index (χ1n) is 10.2. The molecular formula is C22H23N7O4.